The van der Waals surface area contributed by atoms with Crippen molar-refractivity contribution in [3.05, 3.63) is 234 Å². The number of hydrogen-bond donors (Lipinski definition) is 0. The third-order valence-corrected chi connectivity index (χ3v) is 13.1. The quantitative estimate of drug-likeness (QED) is 0.135. The first-order chi connectivity index (χ1) is 34.4. The molecule has 8 heteroatoms. The summed E-state index contributed by atoms with van der Waals surface area (Å²) < 4.78 is 55.9. The Morgan fingerprint density at radius 3 is 1.85 bits per heavy atom. The molecule has 322 valence electrons. The number of benzene rings is 8. The van der Waals surface area contributed by atoms with Crippen molar-refractivity contribution in [3.63, 3.8) is 0 Å². The van der Waals surface area contributed by atoms with E-state index in [1.54, 1.807) is 0 Å². The van der Waals surface area contributed by atoms with E-state index in [0.717, 1.165) is 60.0 Å². The number of aromatic nitrogens is 3. The molecule has 0 atom stereocenters. The Morgan fingerprint density at radius 1 is 0.545 bits per heavy atom. The van der Waals surface area contributed by atoms with Crippen molar-refractivity contribution in [2.45, 2.75) is 26.2 Å². The predicted molar refractivity (Wildman–Crippen MR) is 269 cm³/mol. The molecular weight excluding hydrogens is 989 g/mol. The summed E-state index contributed by atoms with van der Waals surface area (Å²) in [5, 5.41) is 0. The zero-order chi connectivity index (χ0) is 49.1. The molecule has 0 N–H and O–H groups in total. The first-order valence-corrected chi connectivity index (χ1v) is 23.0. The van der Waals surface area contributed by atoms with Crippen LogP contribution < -0.4 is 19.8 Å². The van der Waals surface area contributed by atoms with Crippen molar-refractivity contribution >= 4 is 46.4 Å². The average Bonchev–Trinajstić information content (AvgIpc) is 3.89. The molecule has 0 fully saturated rings. The van der Waals surface area contributed by atoms with E-state index < -0.39 is 6.04 Å². The summed E-state index contributed by atoms with van der Waals surface area (Å²) in [5.41, 5.74) is 11.0. The molecule has 0 bridgehead atoms. The van der Waals surface area contributed by atoms with Crippen LogP contribution in [0.5, 0.6) is 11.6 Å². The molecule has 10 aromatic rings. The van der Waals surface area contributed by atoms with Gasteiger partial charge in [-0.15, -0.1) is 0 Å². The Balaban J connectivity index is 1.03. The molecule has 0 unspecified atom stereocenters. The summed E-state index contributed by atoms with van der Waals surface area (Å²) in [7, 11) is 0. The number of anilines is 4. The first-order valence-electron chi connectivity index (χ1n) is 24.4. The fourth-order valence-electron chi connectivity index (χ4n) is 9.02. The molecule has 6 nitrogen and oxygen atoms in total. The number of para-hydroxylation sites is 6. The van der Waals surface area contributed by atoms with E-state index in [0.29, 0.717) is 22.9 Å². The maximum absolute atomic E-state index is 9.15. The van der Waals surface area contributed by atoms with Gasteiger partial charge in [0.15, 0.2) is 0 Å². The van der Waals surface area contributed by atoms with Crippen LogP contribution in [0.2, 0.25) is 0 Å². The summed E-state index contributed by atoms with van der Waals surface area (Å²) in [6, 6.07) is 63.7. The van der Waals surface area contributed by atoms with Crippen LogP contribution in [0.3, 0.4) is 0 Å². The van der Waals surface area contributed by atoms with Gasteiger partial charge in [-0.3, -0.25) is 0 Å². The van der Waals surface area contributed by atoms with Gasteiger partial charge in [0, 0.05) is 5.69 Å². The molecule has 0 radical (unpaired) electrons. The van der Waals surface area contributed by atoms with Crippen LogP contribution in [0.25, 0.3) is 44.7 Å². The molecule has 0 amide bonds. The van der Waals surface area contributed by atoms with E-state index in [4.69, 9.17) is 16.6 Å². The third kappa shape index (κ3) is 7.49. The van der Waals surface area contributed by atoms with Crippen molar-refractivity contribution in [1.82, 2.24) is 14.1 Å². The number of fused-ring (bicyclic) bond motifs is 2. The fourth-order valence-corrected chi connectivity index (χ4v) is 10.1. The van der Waals surface area contributed by atoms with Gasteiger partial charge in [-0.1, -0.05) is 60.7 Å². The SMILES string of the molecule is [2H]c1c([2H])c([2H])c(-c2cccc(-c3ccc(C(C)(C)C)cc3)c2-n2[c](=[Pt])n(-c3cccc(Oc4cccc(N5B(c6ccccc6)N(c6ccccc6)c6ccccc65)n4)c3)c3ccccc32)c([2H])c1[2H]. The molecule has 0 spiro atoms. The maximum atomic E-state index is 9.15. The van der Waals surface area contributed by atoms with Crippen LogP contribution in [0.4, 0.5) is 22.9 Å². The molecule has 2 aromatic heterocycles. The predicted octanol–water partition coefficient (Wildman–Crippen LogP) is 14.0. The van der Waals surface area contributed by atoms with Crippen LogP contribution >= 0.6 is 0 Å². The number of hydrogen-bond acceptors (Lipinski definition) is 4. The number of ether oxygens (including phenoxy) is 1. The van der Waals surface area contributed by atoms with E-state index >= 15 is 0 Å². The summed E-state index contributed by atoms with van der Waals surface area (Å²) in [6.07, 6.45) is 0. The molecule has 0 saturated carbocycles. The zero-order valence-electron chi connectivity index (χ0n) is 41.5. The van der Waals surface area contributed by atoms with Crippen LogP contribution in [-0.4, -0.2) is 21.1 Å². The molecule has 8 aromatic carbocycles. The minimum atomic E-state index is -0.435. The van der Waals surface area contributed by atoms with Gasteiger partial charge in [0.1, 0.15) is 0 Å². The van der Waals surface area contributed by atoms with Crippen LogP contribution in [0, 0.1) is 3.80 Å². The molecule has 0 saturated heterocycles. The van der Waals surface area contributed by atoms with E-state index in [2.05, 4.69) is 162 Å². The molecule has 0 aliphatic carbocycles. The molecular formula is C58H46BN5OPt. The molecule has 3 heterocycles. The number of rotatable bonds is 9. The second-order valence-corrected chi connectivity index (χ2v) is 18.2. The number of pyridine rings is 1. The summed E-state index contributed by atoms with van der Waals surface area (Å²) in [5.74, 6) is 1.74. The van der Waals surface area contributed by atoms with Gasteiger partial charge < -0.3 is 0 Å². The fraction of sp³-hybridized carbons (Fsp3) is 0.0690. The standard InChI is InChI=1S/C58H46BN5O.Pt/c1-58(2,3)44-38-36-43(37-39-44)50-29-18-28-49(42-20-7-4-8-21-42)57(50)62-41-61(51-30-13-14-31-52(51)62)47-26-17-27-48(40-47)65-56-35-19-34-55(60-56)64-54-33-16-15-32-53(54)63(46-24-11-6-12-25-46)59(64)45-22-9-5-10-23-45;/h4-40H,1-3H3;/i4D,7D,8D,20D,21D;. The Labute approximate surface area is 404 Å². The van der Waals surface area contributed by atoms with Gasteiger partial charge in [0.25, 0.3) is 0 Å². The van der Waals surface area contributed by atoms with Gasteiger partial charge >= 0.3 is 322 Å². The monoisotopic (exact) mass is 1040 g/mol. The van der Waals surface area contributed by atoms with Gasteiger partial charge in [0.2, 0.25) is 0 Å². The molecule has 1 aliphatic rings. The summed E-state index contributed by atoms with van der Waals surface area (Å²) >= 11 is 2.34. The second-order valence-electron chi connectivity index (χ2n) is 17.2. The van der Waals surface area contributed by atoms with Crippen molar-refractivity contribution in [2.75, 3.05) is 9.62 Å². The minimum absolute atomic E-state index is 0.0681. The Kier molecular flexibility index (Phi) is 9.31. The van der Waals surface area contributed by atoms with Crippen molar-refractivity contribution in [3.8, 4) is 45.3 Å². The summed E-state index contributed by atoms with van der Waals surface area (Å²) in [4.78, 5) is 9.81. The van der Waals surface area contributed by atoms with Crippen molar-refractivity contribution in [1.29, 1.82) is 0 Å². The second kappa shape index (κ2) is 17.2. The van der Waals surface area contributed by atoms with E-state index in [1.807, 2.05) is 91.0 Å². The van der Waals surface area contributed by atoms with E-state index in [-0.39, 0.29) is 42.1 Å². The van der Waals surface area contributed by atoms with Crippen LogP contribution in [0.15, 0.2) is 224 Å². The van der Waals surface area contributed by atoms with E-state index in [9.17, 15) is 0 Å². The topological polar surface area (TPSA) is 38.5 Å². The van der Waals surface area contributed by atoms with Crippen LogP contribution in [0.1, 0.15) is 33.2 Å². The van der Waals surface area contributed by atoms with Crippen molar-refractivity contribution in [2.24, 2.45) is 0 Å². The normalized spacial score (nSPS) is 13.5. The number of nitrogens with zero attached hydrogens (tertiary/aromatic N) is 5. The Morgan fingerprint density at radius 2 is 1.14 bits per heavy atom. The first kappa shape index (κ1) is 35.8. The number of imidazole rings is 1. The van der Waals surface area contributed by atoms with Crippen LogP contribution in [-0.2, 0) is 24.8 Å². The summed E-state index contributed by atoms with van der Waals surface area (Å²) in [6.45, 7) is 6.32. The zero-order valence-corrected chi connectivity index (χ0v) is 38.8. The van der Waals surface area contributed by atoms with E-state index in [1.165, 1.54) is 5.56 Å². The average molecular weight is 1040 g/mol. The van der Waals surface area contributed by atoms with Crippen molar-refractivity contribution < 1.29 is 30.9 Å². The van der Waals surface area contributed by atoms with Gasteiger partial charge in [-0.2, -0.15) is 0 Å². The third-order valence-electron chi connectivity index (χ3n) is 12.1. The Bertz CT molecular complexity index is 3700. The van der Waals surface area contributed by atoms with Gasteiger partial charge in [0.05, 0.1) is 0 Å². The Hall–Kier alpha value is -7.47. The molecule has 1 aliphatic heterocycles. The molecule has 11 rings (SSSR count). The van der Waals surface area contributed by atoms with Gasteiger partial charge in [-0.25, -0.2) is 0 Å². The van der Waals surface area contributed by atoms with Gasteiger partial charge in [-0.05, 0) is 18.2 Å². The molecule has 66 heavy (non-hydrogen) atoms.